The van der Waals surface area contributed by atoms with Crippen molar-refractivity contribution in [3.8, 4) is 5.69 Å². The summed E-state index contributed by atoms with van der Waals surface area (Å²) in [6.07, 6.45) is 0. The Morgan fingerprint density at radius 2 is 0.867 bits per heavy atom. The Morgan fingerprint density at radius 3 is 1.53 bits per heavy atom. The highest BCUT2D eigenvalue weighted by Gasteiger charge is 2.23. The zero-order valence-corrected chi connectivity index (χ0v) is 25.9. The van der Waals surface area contributed by atoms with Crippen LogP contribution >= 0.6 is 15.9 Å². The first-order chi connectivity index (χ1) is 22.3. The van der Waals surface area contributed by atoms with Gasteiger partial charge in [-0.15, -0.1) is 0 Å². The first-order valence-electron chi connectivity index (χ1n) is 15.2. The highest BCUT2D eigenvalue weighted by molar-refractivity contribution is 9.10. The van der Waals surface area contributed by atoms with Gasteiger partial charge in [0.05, 0.1) is 38.3 Å². The Morgan fingerprint density at radius 1 is 0.378 bits per heavy atom. The minimum Gasteiger partial charge on any atom is -0.308 e. The predicted molar refractivity (Wildman–Crippen MR) is 196 cm³/mol. The van der Waals surface area contributed by atoms with Crippen LogP contribution in [-0.2, 0) is 0 Å². The van der Waals surface area contributed by atoms with Crippen molar-refractivity contribution in [2.45, 2.75) is 0 Å². The molecule has 3 heteroatoms. The van der Waals surface area contributed by atoms with Gasteiger partial charge in [0.1, 0.15) is 0 Å². The summed E-state index contributed by atoms with van der Waals surface area (Å²) in [5.74, 6) is 0. The number of anilines is 3. The lowest BCUT2D eigenvalue weighted by molar-refractivity contribution is 1.16. The Kier molecular flexibility index (Phi) is 6.00. The smallest absolute Gasteiger partial charge is 0.0656 e. The number of hydrogen-bond donors (Lipinski definition) is 0. The zero-order valence-electron chi connectivity index (χ0n) is 24.4. The second-order valence-corrected chi connectivity index (χ2v) is 12.3. The summed E-state index contributed by atoms with van der Waals surface area (Å²) in [4.78, 5) is 2.42. The minimum absolute atomic E-state index is 1.03. The maximum absolute atomic E-state index is 4.18. The maximum atomic E-state index is 4.18. The van der Waals surface area contributed by atoms with Crippen LogP contribution in [0.2, 0.25) is 0 Å². The number of hydrogen-bond acceptors (Lipinski definition) is 1. The highest BCUT2D eigenvalue weighted by atomic mass is 79.9. The molecule has 0 aliphatic carbocycles. The number of nitrogens with zero attached hydrogens (tertiary/aromatic N) is 2. The van der Waals surface area contributed by atoms with E-state index >= 15 is 0 Å². The van der Waals surface area contributed by atoms with E-state index in [1.54, 1.807) is 0 Å². The molecule has 0 radical (unpaired) electrons. The van der Waals surface area contributed by atoms with Gasteiger partial charge in [-0.25, -0.2) is 0 Å². The molecule has 0 N–H and O–H groups in total. The summed E-state index contributed by atoms with van der Waals surface area (Å²) >= 11 is 4.18. The second kappa shape index (κ2) is 10.4. The molecule has 0 saturated carbocycles. The van der Waals surface area contributed by atoms with Crippen LogP contribution in [0.3, 0.4) is 0 Å². The molecule has 0 amide bonds. The Balaban J connectivity index is 1.37. The van der Waals surface area contributed by atoms with E-state index in [2.05, 4.69) is 189 Å². The first kappa shape index (κ1) is 26.1. The summed E-state index contributed by atoms with van der Waals surface area (Å²) in [6, 6.07) is 59.0. The number of para-hydroxylation sites is 1. The van der Waals surface area contributed by atoms with Gasteiger partial charge >= 0.3 is 0 Å². The third-order valence-corrected chi connectivity index (χ3v) is 9.83. The van der Waals surface area contributed by atoms with Crippen molar-refractivity contribution in [3.63, 3.8) is 0 Å². The Labute approximate surface area is 269 Å². The van der Waals surface area contributed by atoms with Crippen molar-refractivity contribution in [3.05, 3.63) is 168 Å². The largest absolute Gasteiger partial charge is 0.308 e. The molecule has 9 aromatic rings. The first-order valence-corrected chi connectivity index (χ1v) is 16.0. The summed E-state index contributed by atoms with van der Waals surface area (Å²) in [6.45, 7) is 0. The second-order valence-electron chi connectivity index (χ2n) is 11.5. The van der Waals surface area contributed by atoms with E-state index < -0.39 is 0 Å². The zero-order chi connectivity index (χ0) is 29.9. The molecule has 9 rings (SSSR count). The van der Waals surface area contributed by atoms with Crippen LogP contribution < -0.4 is 4.90 Å². The van der Waals surface area contributed by atoms with Crippen LogP contribution in [-0.4, -0.2) is 4.57 Å². The lowest BCUT2D eigenvalue weighted by atomic mass is 10.0. The lowest BCUT2D eigenvalue weighted by Crippen LogP contribution is -2.12. The Bertz CT molecular complexity index is 2490. The molecule has 0 saturated heterocycles. The Hall–Kier alpha value is -5.38. The number of halogens is 1. The van der Waals surface area contributed by atoms with Crippen molar-refractivity contribution in [1.82, 2.24) is 4.57 Å². The molecule has 0 spiro atoms. The van der Waals surface area contributed by atoms with Gasteiger partial charge in [0.2, 0.25) is 0 Å². The van der Waals surface area contributed by atoms with Crippen molar-refractivity contribution >= 4 is 87.1 Å². The molecule has 0 fully saturated rings. The van der Waals surface area contributed by atoms with Gasteiger partial charge < -0.3 is 9.47 Å². The maximum Gasteiger partial charge on any atom is 0.0656 e. The van der Waals surface area contributed by atoms with E-state index in [0.29, 0.717) is 0 Å². The minimum atomic E-state index is 1.03. The number of aromatic nitrogens is 1. The number of fused-ring (bicyclic) bond motifs is 7. The molecule has 0 aliphatic heterocycles. The fraction of sp³-hybridized carbons (Fsp3) is 0. The van der Waals surface area contributed by atoms with E-state index in [-0.39, 0.29) is 0 Å². The molecule has 0 unspecified atom stereocenters. The van der Waals surface area contributed by atoms with Gasteiger partial charge in [-0.2, -0.15) is 0 Å². The fourth-order valence-electron chi connectivity index (χ4n) is 7.05. The third kappa shape index (κ3) is 4.01. The standard InChI is InChI=1S/C42H27BrN2/c43-42-39(44(35-22-9-15-28-12-1-4-17-31(28)35)36-23-10-16-29-13-2-5-18-32(29)36)24-11-25-40(42)45-37-21-8-7-20-34(37)41-33-19-6-3-14-30(33)26-27-38(41)45/h1-27H. The lowest BCUT2D eigenvalue weighted by Gasteiger charge is -2.30. The average Bonchev–Trinajstić information content (AvgIpc) is 3.44. The quantitative estimate of drug-likeness (QED) is 0.186. The van der Waals surface area contributed by atoms with Crippen LogP contribution in [0.1, 0.15) is 0 Å². The van der Waals surface area contributed by atoms with E-state index in [1.165, 1.54) is 54.1 Å². The molecule has 2 nitrogen and oxygen atoms in total. The molecule has 0 bridgehead atoms. The predicted octanol–water partition coefficient (Wildman–Crippen LogP) is 12.5. The molecule has 1 heterocycles. The van der Waals surface area contributed by atoms with Crippen LogP contribution in [0.4, 0.5) is 17.1 Å². The topological polar surface area (TPSA) is 8.17 Å². The van der Waals surface area contributed by atoms with Gasteiger partial charge in [-0.3, -0.25) is 0 Å². The average molecular weight is 640 g/mol. The van der Waals surface area contributed by atoms with Gasteiger partial charge in [0.15, 0.2) is 0 Å². The summed E-state index contributed by atoms with van der Waals surface area (Å²) in [7, 11) is 0. The van der Waals surface area contributed by atoms with E-state index in [1.807, 2.05) is 0 Å². The SMILES string of the molecule is Brc1c(N(c2cccc3ccccc23)c2cccc3ccccc23)cccc1-n1c2ccccc2c2c3ccccc3ccc21. The van der Waals surface area contributed by atoms with E-state index in [9.17, 15) is 0 Å². The van der Waals surface area contributed by atoms with Crippen molar-refractivity contribution in [2.24, 2.45) is 0 Å². The van der Waals surface area contributed by atoms with Crippen molar-refractivity contribution < 1.29 is 0 Å². The van der Waals surface area contributed by atoms with Crippen LogP contribution in [0.15, 0.2) is 168 Å². The molecule has 45 heavy (non-hydrogen) atoms. The summed E-state index contributed by atoms with van der Waals surface area (Å²) in [5.41, 5.74) is 6.82. The molecule has 0 aliphatic rings. The van der Waals surface area contributed by atoms with Crippen LogP contribution in [0.5, 0.6) is 0 Å². The van der Waals surface area contributed by atoms with Crippen molar-refractivity contribution in [1.29, 1.82) is 0 Å². The highest BCUT2D eigenvalue weighted by Crippen LogP contribution is 2.47. The number of rotatable bonds is 4. The molecule has 1 aromatic heterocycles. The summed E-state index contributed by atoms with van der Waals surface area (Å²) in [5, 5.41) is 9.87. The third-order valence-electron chi connectivity index (χ3n) is 9.02. The van der Waals surface area contributed by atoms with E-state index in [4.69, 9.17) is 0 Å². The normalized spacial score (nSPS) is 11.7. The molecule has 0 atom stereocenters. The van der Waals surface area contributed by atoms with Gasteiger partial charge in [-0.1, -0.05) is 127 Å². The number of benzene rings is 8. The molecule has 212 valence electrons. The monoisotopic (exact) mass is 638 g/mol. The van der Waals surface area contributed by atoms with Gasteiger partial charge in [-0.05, 0) is 73.9 Å². The molecular weight excluding hydrogens is 612 g/mol. The van der Waals surface area contributed by atoms with Crippen LogP contribution in [0, 0.1) is 0 Å². The summed E-state index contributed by atoms with van der Waals surface area (Å²) < 4.78 is 3.44. The molecule has 8 aromatic carbocycles. The van der Waals surface area contributed by atoms with Crippen molar-refractivity contribution in [2.75, 3.05) is 4.90 Å². The molecular formula is C42H27BrN2. The van der Waals surface area contributed by atoms with Gasteiger partial charge in [0, 0.05) is 21.5 Å². The van der Waals surface area contributed by atoms with Gasteiger partial charge in [0.25, 0.3) is 0 Å². The fourth-order valence-corrected chi connectivity index (χ4v) is 7.67. The van der Waals surface area contributed by atoms with Crippen LogP contribution in [0.25, 0.3) is 59.8 Å². The van der Waals surface area contributed by atoms with E-state index in [0.717, 1.165) is 27.2 Å².